The largest absolute Gasteiger partial charge is 0.393 e. The minimum absolute atomic E-state index is 0.0172. The maximum absolute atomic E-state index is 12.4. The van der Waals surface area contributed by atoms with Gasteiger partial charge in [0.25, 0.3) is 10.2 Å². The molecular weight excluding hydrogens is 264 g/mol. The van der Waals surface area contributed by atoms with Gasteiger partial charge < -0.3 is 5.11 Å². The fraction of sp³-hybridized carbons (Fsp3) is 1.00. The summed E-state index contributed by atoms with van der Waals surface area (Å²) in [4.78, 5) is 0. The van der Waals surface area contributed by atoms with Crippen LogP contribution in [0.1, 0.15) is 44.9 Å². The van der Waals surface area contributed by atoms with E-state index < -0.39 is 10.2 Å². The van der Waals surface area contributed by atoms with E-state index in [1.807, 2.05) is 0 Å². The predicted octanol–water partition coefficient (Wildman–Crippen LogP) is 1.20. The molecule has 1 aliphatic carbocycles. The Labute approximate surface area is 116 Å². The van der Waals surface area contributed by atoms with E-state index in [9.17, 15) is 13.5 Å². The molecular formula is C13H26N2O3S. The van der Waals surface area contributed by atoms with Crippen molar-refractivity contribution in [3.8, 4) is 0 Å². The second-order valence-electron chi connectivity index (χ2n) is 5.98. The summed E-state index contributed by atoms with van der Waals surface area (Å²) in [5.74, 6) is 0.115. The van der Waals surface area contributed by atoms with E-state index in [0.717, 1.165) is 44.9 Å². The van der Waals surface area contributed by atoms with Crippen LogP contribution in [-0.2, 0) is 10.2 Å². The summed E-state index contributed by atoms with van der Waals surface area (Å²) in [5, 5.41) is 10.2. The van der Waals surface area contributed by atoms with Gasteiger partial charge in [0.1, 0.15) is 0 Å². The van der Waals surface area contributed by atoms with Gasteiger partial charge >= 0.3 is 0 Å². The topological polar surface area (TPSA) is 60.9 Å². The lowest BCUT2D eigenvalue weighted by Gasteiger charge is -2.43. The van der Waals surface area contributed by atoms with Crippen molar-refractivity contribution in [1.29, 1.82) is 0 Å². The first kappa shape index (κ1) is 15.2. The molecule has 0 spiro atoms. The van der Waals surface area contributed by atoms with E-state index in [1.54, 1.807) is 18.4 Å². The molecule has 3 unspecified atom stereocenters. The Morgan fingerprint density at radius 1 is 1.05 bits per heavy atom. The Bertz CT molecular complexity index is 397. The Morgan fingerprint density at radius 2 is 1.68 bits per heavy atom. The number of aliphatic hydroxyl groups excluding tert-OH is 1. The highest BCUT2D eigenvalue weighted by atomic mass is 32.2. The maximum Gasteiger partial charge on any atom is 0.281 e. The zero-order valence-electron chi connectivity index (χ0n) is 12.0. The number of hydrogen-bond donors (Lipinski definition) is 1. The van der Waals surface area contributed by atoms with E-state index >= 15 is 0 Å². The van der Waals surface area contributed by atoms with Gasteiger partial charge in [-0.2, -0.15) is 17.0 Å². The third-order valence-corrected chi connectivity index (χ3v) is 6.50. The van der Waals surface area contributed by atoms with Crippen LogP contribution in [0.25, 0.3) is 0 Å². The van der Waals surface area contributed by atoms with Gasteiger partial charge in [0.2, 0.25) is 0 Å². The molecule has 0 bridgehead atoms. The molecule has 0 radical (unpaired) electrons. The van der Waals surface area contributed by atoms with Gasteiger partial charge in [0.05, 0.1) is 6.10 Å². The zero-order chi connectivity index (χ0) is 14.0. The van der Waals surface area contributed by atoms with Crippen LogP contribution < -0.4 is 0 Å². The van der Waals surface area contributed by atoms with E-state index in [4.69, 9.17) is 0 Å². The van der Waals surface area contributed by atoms with Crippen molar-refractivity contribution in [2.24, 2.45) is 5.92 Å². The fourth-order valence-electron chi connectivity index (χ4n) is 3.44. The van der Waals surface area contributed by atoms with E-state index in [2.05, 4.69) is 0 Å². The quantitative estimate of drug-likeness (QED) is 0.849. The minimum Gasteiger partial charge on any atom is -0.393 e. The van der Waals surface area contributed by atoms with Crippen LogP contribution in [0.15, 0.2) is 0 Å². The smallest absolute Gasteiger partial charge is 0.281 e. The molecule has 1 saturated carbocycles. The van der Waals surface area contributed by atoms with E-state index in [1.165, 1.54) is 4.31 Å². The molecule has 0 aromatic heterocycles. The van der Waals surface area contributed by atoms with Gasteiger partial charge in [-0.1, -0.05) is 19.3 Å². The van der Waals surface area contributed by atoms with E-state index in [-0.39, 0.29) is 18.1 Å². The zero-order valence-corrected chi connectivity index (χ0v) is 12.8. The standard InChI is InChI=1S/C13H26N2O3S/c1-14(2)19(17,18)15-10-6-5-8-12(15)11-7-3-4-9-13(11)16/h11-13,16H,3-10H2,1-2H3. The molecule has 2 rings (SSSR count). The van der Waals surface area contributed by atoms with Crippen LogP contribution in [0.3, 0.4) is 0 Å². The Hall–Kier alpha value is -0.170. The van der Waals surface area contributed by atoms with Crippen LogP contribution >= 0.6 is 0 Å². The first-order valence-corrected chi connectivity index (χ1v) is 8.71. The average Bonchev–Trinajstić information content (AvgIpc) is 2.39. The summed E-state index contributed by atoms with van der Waals surface area (Å²) < 4.78 is 27.8. The Balaban J connectivity index is 2.20. The summed E-state index contributed by atoms with van der Waals surface area (Å²) in [6.07, 6.45) is 6.46. The number of nitrogens with zero attached hydrogens (tertiary/aromatic N) is 2. The molecule has 19 heavy (non-hydrogen) atoms. The van der Waals surface area contributed by atoms with Crippen LogP contribution in [-0.4, -0.2) is 54.9 Å². The van der Waals surface area contributed by atoms with Crippen LogP contribution in [0.4, 0.5) is 0 Å². The summed E-state index contributed by atoms with van der Waals surface area (Å²) in [6, 6.07) is -0.0172. The lowest BCUT2D eigenvalue weighted by Crippen LogP contribution is -2.53. The van der Waals surface area contributed by atoms with Crippen molar-refractivity contribution in [1.82, 2.24) is 8.61 Å². The summed E-state index contributed by atoms with van der Waals surface area (Å²) >= 11 is 0. The minimum atomic E-state index is -3.37. The summed E-state index contributed by atoms with van der Waals surface area (Å²) in [5.41, 5.74) is 0. The monoisotopic (exact) mass is 290 g/mol. The molecule has 1 saturated heterocycles. The Morgan fingerprint density at radius 3 is 2.32 bits per heavy atom. The number of piperidine rings is 1. The third kappa shape index (κ3) is 3.12. The first-order valence-electron chi connectivity index (χ1n) is 7.32. The van der Waals surface area contributed by atoms with Gasteiger partial charge in [-0.25, -0.2) is 0 Å². The second kappa shape index (κ2) is 6.08. The molecule has 1 aliphatic heterocycles. The van der Waals surface area contributed by atoms with Crippen molar-refractivity contribution in [3.63, 3.8) is 0 Å². The molecule has 0 aromatic rings. The molecule has 3 atom stereocenters. The lowest BCUT2D eigenvalue weighted by molar-refractivity contribution is 0.0192. The molecule has 2 fully saturated rings. The molecule has 0 aromatic carbocycles. The predicted molar refractivity (Wildman–Crippen MR) is 74.9 cm³/mol. The van der Waals surface area contributed by atoms with E-state index in [0.29, 0.717) is 6.54 Å². The maximum atomic E-state index is 12.4. The van der Waals surface area contributed by atoms with Gasteiger partial charge in [-0.15, -0.1) is 0 Å². The van der Waals surface area contributed by atoms with Gasteiger partial charge in [-0.3, -0.25) is 0 Å². The normalized spacial score (nSPS) is 34.6. The number of aliphatic hydroxyl groups is 1. The molecule has 112 valence electrons. The summed E-state index contributed by atoms with van der Waals surface area (Å²) in [7, 11) is -0.203. The third-order valence-electron chi connectivity index (χ3n) is 4.53. The molecule has 1 N–H and O–H groups in total. The molecule has 5 nitrogen and oxygen atoms in total. The van der Waals surface area contributed by atoms with Crippen LogP contribution in [0.2, 0.25) is 0 Å². The van der Waals surface area contributed by atoms with Gasteiger partial charge in [0, 0.05) is 32.6 Å². The van der Waals surface area contributed by atoms with Crippen LogP contribution in [0, 0.1) is 5.92 Å². The van der Waals surface area contributed by atoms with Crippen molar-refractivity contribution in [3.05, 3.63) is 0 Å². The summed E-state index contributed by atoms with van der Waals surface area (Å²) in [6.45, 7) is 0.592. The van der Waals surface area contributed by atoms with Crippen molar-refractivity contribution in [2.75, 3.05) is 20.6 Å². The van der Waals surface area contributed by atoms with Crippen molar-refractivity contribution >= 4 is 10.2 Å². The van der Waals surface area contributed by atoms with Crippen molar-refractivity contribution in [2.45, 2.75) is 57.1 Å². The van der Waals surface area contributed by atoms with Gasteiger partial charge in [0.15, 0.2) is 0 Å². The van der Waals surface area contributed by atoms with Crippen molar-refractivity contribution < 1.29 is 13.5 Å². The highest BCUT2D eigenvalue weighted by Crippen LogP contribution is 2.35. The SMILES string of the molecule is CN(C)S(=O)(=O)N1CCCCC1C1CCCCC1O. The number of rotatable bonds is 3. The number of hydrogen-bond acceptors (Lipinski definition) is 3. The van der Waals surface area contributed by atoms with Gasteiger partial charge in [-0.05, 0) is 25.7 Å². The highest BCUT2D eigenvalue weighted by molar-refractivity contribution is 7.86. The molecule has 6 heteroatoms. The molecule has 0 amide bonds. The first-order chi connectivity index (χ1) is 8.94. The molecule has 1 heterocycles. The highest BCUT2D eigenvalue weighted by Gasteiger charge is 2.41. The average molecular weight is 290 g/mol. The second-order valence-corrected chi connectivity index (χ2v) is 8.07. The lowest BCUT2D eigenvalue weighted by atomic mass is 9.79. The Kier molecular flexibility index (Phi) is 4.87. The van der Waals surface area contributed by atoms with Crippen LogP contribution in [0.5, 0.6) is 0 Å². The molecule has 2 aliphatic rings. The fourth-order valence-corrected chi connectivity index (χ4v) is 4.83.